The van der Waals surface area contributed by atoms with Crippen LogP contribution in [0.15, 0.2) is 47.4 Å². The molecule has 0 spiro atoms. The summed E-state index contributed by atoms with van der Waals surface area (Å²) in [7, 11) is 0. The quantitative estimate of drug-likeness (QED) is 0.748. The normalized spacial score (nSPS) is 16.3. The average molecular weight is 423 g/mol. The highest BCUT2D eigenvalue weighted by atomic mass is 19.4. The van der Waals surface area contributed by atoms with E-state index in [2.05, 4.69) is 10.6 Å². The van der Waals surface area contributed by atoms with Crippen LogP contribution in [0.3, 0.4) is 0 Å². The summed E-state index contributed by atoms with van der Waals surface area (Å²) in [5, 5.41) is 4.65. The Morgan fingerprint density at radius 2 is 1.97 bits per heavy atom. The van der Waals surface area contributed by atoms with Gasteiger partial charge in [-0.05, 0) is 37.1 Å². The zero-order valence-electron chi connectivity index (χ0n) is 15.9. The third-order valence-electron chi connectivity index (χ3n) is 4.57. The van der Waals surface area contributed by atoms with Crippen molar-refractivity contribution < 1.29 is 27.5 Å². The van der Waals surface area contributed by atoms with E-state index in [0.29, 0.717) is 19.4 Å². The second-order valence-electron chi connectivity index (χ2n) is 6.78. The predicted molar refractivity (Wildman–Crippen MR) is 103 cm³/mol. The number of alkyl halides is 3. The van der Waals surface area contributed by atoms with Crippen LogP contribution in [0.25, 0.3) is 0 Å². The standard InChI is InChI=1S/C20H20F3N3O4/c21-20(22,23)14-12-13(24-19(29)16-4-3-11-30-16)6-7-15(14)25-17(27)8-10-26-9-2-1-5-18(26)28/h1-2,5-7,9,12,16H,3-4,8,10-11H2,(H,24,29)(H,25,27). The fourth-order valence-electron chi connectivity index (χ4n) is 3.05. The summed E-state index contributed by atoms with van der Waals surface area (Å²) in [6.07, 6.45) is -2.90. The zero-order chi connectivity index (χ0) is 21.7. The Labute approximate surface area is 169 Å². The molecular formula is C20H20F3N3O4. The van der Waals surface area contributed by atoms with Crippen LogP contribution >= 0.6 is 0 Å². The van der Waals surface area contributed by atoms with Crippen molar-refractivity contribution >= 4 is 23.2 Å². The van der Waals surface area contributed by atoms with Gasteiger partial charge in [-0.25, -0.2) is 0 Å². The molecule has 0 bridgehead atoms. The van der Waals surface area contributed by atoms with Crippen LogP contribution in [0.1, 0.15) is 24.8 Å². The van der Waals surface area contributed by atoms with Crippen LogP contribution in [0.2, 0.25) is 0 Å². The SMILES string of the molecule is O=C(CCn1ccccc1=O)Nc1ccc(NC(=O)C2CCCO2)cc1C(F)(F)F. The van der Waals surface area contributed by atoms with Gasteiger partial charge in [0.1, 0.15) is 6.10 Å². The smallest absolute Gasteiger partial charge is 0.368 e. The molecule has 1 aromatic heterocycles. The molecular weight excluding hydrogens is 403 g/mol. The largest absolute Gasteiger partial charge is 0.418 e. The molecule has 1 unspecified atom stereocenters. The van der Waals surface area contributed by atoms with Gasteiger partial charge in [-0.3, -0.25) is 14.4 Å². The van der Waals surface area contributed by atoms with Gasteiger partial charge in [0, 0.05) is 37.5 Å². The minimum absolute atomic E-state index is 0.0301. The molecule has 3 rings (SSSR count). The Balaban J connectivity index is 1.70. The summed E-state index contributed by atoms with van der Waals surface area (Å²) in [4.78, 5) is 35.8. The van der Waals surface area contributed by atoms with Crippen molar-refractivity contribution in [1.82, 2.24) is 4.57 Å². The van der Waals surface area contributed by atoms with Crippen molar-refractivity contribution in [2.75, 3.05) is 17.2 Å². The molecule has 7 nitrogen and oxygen atoms in total. The Hall–Kier alpha value is -3.14. The first-order chi connectivity index (χ1) is 14.2. The lowest BCUT2D eigenvalue weighted by atomic mass is 10.1. The highest BCUT2D eigenvalue weighted by molar-refractivity contribution is 5.95. The Kier molecular flexibility index (Phi) is 6.56. The van der Waals surface area contributed by atoms with Crippen molar-refractivity contribution in [3.05, 3.63) is 58.5 Å². The van der Waals surface area contributed by atoms with E-state index in [1.807, 2.05) is 0 Å². The summed E-state index contributed by atoms with van der Waals surface area (Å²) in [5.41, 5.74) is -1.87. The van der Waals surface area contributed by atoms with Crippen molar-refractivity contribution in [1.29, 1.82) is 0 Å². The highest BCUT2D eigenvalue weighted by Crippen LogP contribution is 2.36. The molecule has 10 heteroatoms. The highest BCUT2D eigenvalue weighted by Gasteiger charge is 2.34. The molecule has 1 saturated heterocycles. The van der Waals surface area contributed by atoms with Gasteiger partial charge >= 0.3 is 6.18 Å². The van der Waals surface area contributed by atoms with Crippen molar-refractivity contribution in [2.24, 2.45) is 0 Å². The molecule has 0 aliphatic carbocycles. The summed E-state index contributed by atoms with van der Waals surface area (Å²) < 4.78 is 47.0. The van der Waals surface area contributed by atoms with Gasteiger partial charge < -0.3 is 19.9 Å². The Morgan fingerprint density at radius 3 is 2.63 bits per heavy atom. The van der Waals surface area contributed by atoms with Crippen LogP contribution < -0.4 is 16.2 Å². The number of aromatic nitrogens is 1. The number of amides is 2. The zero-order valence-corrected chi connectivity index (χ0v) is 15.9. The number of hydrogen-bond acceptors (Lipinski definition) is 4. The first-order valence-electron chi connectivity index (χ1n) is 9.33. The third-order valence-corrected chi connectivity index (χ3v) is 4.57. The molecule has 30 heavy (non-hydrogen) atoms. The summed E-state index contributed by atoms with van der Waals surface area (Å²) in [6, 6.07) is 7.62. The molecule has 1 atom stereocenters. The number of pyridine rings is 1. The molecule has 0 radical (unpaired) electrons. The van der Waals surface area contributed by atoms with Gasteiger partial charge in [0.05, 0.1) is 11.3 Å². The fraction of sp³-hybridized carbons (Fsp3) is 0.350. The maximum absolute atomic E-state index is 13.5. The third kappa shape index (κ3) is 5.47. The lowest BCUT2D eigenvalue weighted by Crippen LogP contribution is -2.27. The molecule has 2 heterocycles. The van der Waals surface area contributed by atoms with E-state index in [4.69, 9.17) is 4.74 Å². The number of anilines is 2. The number of aryl methyl sites for hydroxylation is 1. The van der Waals surface area contributed by atoms with Crippen LogP contribution in [0.5, 0.6) is 0 Å². The maximum atomic E-state index is 13.5. The Bertz CT molecular complexity index is 982. The number of halogens is 3. The summed E-state index contributed by atoms with van der Waals surface area (Å²) in [6.45, 7) is 0.467. The van der Waals surface area contributed by atoms with E-state index >= 15 is 0 Å². The number of hydrogen-bond donors (Lipinski definition) is 2. The predicted octanol–water partition coefficient (Wildman–Crippen LogP) is 3.01. The fourth-order valence-corrected chi connectivity index (χ4v) is 3.05. The molecule has 2 aromatic rings. The monoisotopic (exact) mass is 423 g/mol. The van der Waals surface area contributed by atoms with Crippen LogP contribution in [-0.4, -0.2) is 29.1 Å². The first-order valence-corrected chi connectivity index (χ1v) is 9.33. The maximum Gasteiger partial charge on any atom is 0.418 e. The van der Waals surface area contributed by atoms with Crippen LogP contribution in [-0.2, 0) is 27.0 Å². The van der Waals surface area contributed by atoms with E-state index in [1.165, 1.54) is 22.9 Å². The van der Waals surface area contributed by atoms with Gasteiger partial charge in [0.2, 0.25) is 5.91 Å². The molecule has 2 amide bonds. The number of benzene rings is 1. The van der Waals surface area contributed by atoms with Gasteiger partial charge in [0.15, 0.2) is 0 Å². The van der Waals surface area contributed by atoms with Crippen molar-refractivity contribution in [2.45, 2.75) is 38.1 Å². The van der Waals surface area contributed by atoms with Crippen LogP contribution in [0.4, 0.5) is 24.5 Å². The topological polar surface area (TPSA) is 89.4 Å². The van der Waals surface area contributed by atoms with E-state index in [0.717, 1.165) is 12.1 Å². The number of rotatable bonds is 6. The number of nitrogens with one attached hydrogen (secondary N) is 2. The van der Waals surface area contributed by atoms with E-state index < -0.39 is 35.3 Å². The molecule has 1 fully saturated rings. The lowest BCUT2D eigenvalue weighted by molar-refractivity contribution is -0.137. The first kappa shape index (κ1) is 21.6. The molecule has 160 valence electrons. The molecule has 0 saturated carbocycles. The molecule has 1 aliphatic heterocycles. The Morgan fingerprint density at radius 1 is 1.17 bits per heavy atom. The van der Waals surface area contributed by atoms with Crippen molar-refractivity contribution in [3.63, 3.8) is 0 Å². The number of carbonyl (C=O) groups excluding carboxylic acids is 2. The van der Waals surface area contributed by atoms with Gasteiger partial charge in [-0.2, -0.15) is 13.2 Å². The van der Waals surface area contributed by atoms with E-state index in [-0.39, 0.29) is 24.2 Å². The van der Waals surface area contributed by atoms with Gasteiger partial charge in [-0.15, -0.1) is 0 Å². The van der Waals surface area contributed by atoms with E-state index in [9.17, 15) is 27.6 Å². The summed E-state index contributed by atoms with van der Waals surface area (Å²) >= 11 is 0. The average Bonchev–Trinajstić information content (AvgIpc) is 3.23. The van der Waals surface area contributed by atoms with Crippen molar-refractivity contribution in [3.8, 4) is 0 Å². The number of ether oxygens (including phenoxy) is 1. The second-order valence-corrected chi connectivity index (χ2v) is 6.78. The molecule has 2 N–H and O–H groups in total. The lowest BCUT2D eigenvalue weighted by Gasteiger charge is -2.17. The number of nitrogens with zero attached hydrogens (tertiary/aromatic N) is 1. The van der Waals surface area contributed by atoms with E-state index in [1.54, 1.807) is 12.1 Å². The number of carbonyl (C=O) groups is 2. The molecule has 1 aromatic carbocycles. The second kappa shape index (κ2) is 9.12. The summed E-state index contributed by atoms with van der Waals surface area (Å²) in [5.74, 6) is -1.18. The van der Waals surface area contributed by atoms with Gasteiger partial charge in [0.25, 0.3) is 11.5 Å². The van der Waals surface area contributed by atoms with Gasteiger partial charge in [-0.1, -0.05) is 6.07 Å². The minimum atomic E-state index is -4.75. The van der Waals surface area contributed by atoms with Crippen LogP contribution in [0, 0.1) is 0 Å². The molecule has 1 aliphatic rings. The minimum Gasteiger partial charge on any atom is -0.368 e.